The minimum atomic E-state index is -0.554. The van der Waals surface area contributed by atoms with Gasteiger partial charge in [-0.2, -0.15) is 0 Å². The number of imidazole rings is 1. The molecule has 1 heterocycles. The molecule has 0 saturated carbocycles. The van der Waals surface area contributed by atoms with Gasteiger partial charge in [0.2, 0.25) is 0 Å². The summed E-state index contributed by atoms with van der Waals surface area (Å²) < 4.78 is 6.38. The van der Waals surface area contributed by atoms with Gasteiger partial charge in [0.05, 0.1) is 18.0 Å². The number of aromatic nitrogens is 2. The minimum Gasteiger partial charge on any atom is -0.443 e. The maximum absolute atomic E-state index is 11.6. The molecule has 1 aromatic rings. The lowest BCUT2D eigenvalue weighted by Gasteiger charge is -2.19. The first kappa shape index (κ1) is 11.7. The maximum Gasteiger partial charge on any atom is 0.420 e. The summed E-state index contributed by atoms with van der Waals surface area (Å²) in [6, 6.07) is 0. The molecular formula is C10H16N2O3. The van der Waals surface area contributed by atoms with Crippen molar-refractivity contribution in [3.05, 3.63) is 17.7 Å². The minimum absolute atomic E-state index is 0.231. The van der Waals surface area contributed by atoms with E-state index in [1.807, 2.05) is 0 Å². The predicted octanol–water partition coefficient (Wildman–Crippen LogP) is 1.47. The second kappa shape index (κ2) is 4.02. The van der Waals surface area contributed by atoms with Crippen molar-refractivity contribution in [2.45, 2.75) is 39.9 Å². The molecule has 0 radical (unpaired) electrons. The second-order valence-corrected chi connectivity index (χ2v) is 4.29. The number of carbonyl (C=O) groups is 1. The summed E-state index contributed by atoms with van der Waals surface area (Å²) in [5.41, 5.74) is 0.537. The average molecular weight is 212 g/mol. The van der Waals surface area contributed by atoms with E-state index in [9.17, 15) is 4.79 Å². The quantitative estimate of drug-likeness (QED) is 0.765. The van der Waals surface area contributed by atoms with E-state index in [1.54, 1.807) is 27.7 Å². The molecule has 1 aromatic heterocycles. The Hall–Kier alpha value is -1.36. The third-order valence-corrected chi connectivity index (χ3v) is 1.82. The standard InChI is InChI=1S/C10H16N2O3/c1-7-8(5-13)12(6-11-7)9(14)15-10(2,3)4/h6,13H,5H2,1-4H3. The lowest BCUT2D eigenvalue weighted by molar-refractivity contribution is 0.0525. The average Bonchev–Trinajstić information content (AvgIpc) is 2.43. The molecule has 0 aliphatic rings. The van der Waals surface area contributed by atoms with E-state index in [-0.39, 0.29) is 6.61 Å². The monoisotopic (exact) mass is 212 g/mol. The number of nitrogens with zero attached hydrogens (tertiary/aromatic N) is 2. The van der Waals surface area contributed by atoms with Crippen molar-refractivity contribution in [1.29, 1.82) is 0 Å². The smallest absolute Gasteiger partial charge is 0.420 e. The van der Waals surface area contributed by atoms with Crippen LogP contribution in [0.5, 0.6) is 0 Å². The number of hydrogen-bond acceptors (Lipinski definition) is 4. The highest BCUT2D eigenvalue weighted by Crippen LogP contribution is 2.12. The van der Waals surface area contributed by atoms with Crippen LogP contribution in [0.1, 0.15) is 32.2 Å². The van der Waals surface area contributed by atoms with Gasteiger partial charge >= 0.3 is 6.09 Å². The number of aliphatic hydroxyl groups is 1. The molecule has 0 amide bonds. The van der Waals surface area contributed by atoms with Crippen LogP contribution in [0, 0.1) is 6.92 Å². The van der Waals surface area contributed by atoms with Crippen molar-refractivity contribution in [2.75, 3.05) is 0 Å². The van der Waals surface area contributed by atoms with E-state index in [1.165, 1.54) is 10.9 Å². The molecule has 1 N–H and O–H groups in total. The van der Waals surface area contributed by atoms with Gasteiger partial charge in [0.25, 0.3) is 0 Å². The van der Waals surface area contributed by atoms with Crippen LogP contribution in [-0.4, -0.2) is 26.4 Å². The number of rotatable bonds is 1. The van der Waals surface area contributed by atoms with Crippen molar-refractivity contribution in [2.24, 2.45) is 0 Å². The van der Waals surface area contributed by atoms with Crippen LogP contribution in [0.4, 0.5) is 4.79 Å². The lowest BCUT2D eigenvalue weighted by atomic mass is 10.2. The normalized spacial score (nSPS) is 11.5. The summed E-state index contributed by atoms with van der Waals surface area (Å²) in [5.74, 6) is 0. The van der Waals surface area contributed by atoms with Crippen molar-refractivity contribution in [1.82, 2.24) is 9.55 Å². The van der Waals surface area contributed by atoms with Gasteiger partial charge in [-0.15, -0.1) is 0 Å². The molecule has 5 nitrogen and oxygen atoms in total. The van der Waals surface area contributed by atoms with Crippen molar-refractivity contribution in [3.8, 4) is 0 Å². The number of ether oxygens (including phenoxy) is 1. The summed E-state index contributed by atoms with van der Waals surface area (Å²) in [7, 11) is 0. The topological polar surface area (TPSA) is 64.4 Å². The highest BCUT2D eigenvalue weighted by molar-refractivity contribution is 5.71. The third kappa shape index (κ3) is 2.79. The molecule has 0 spiro atoms. The zero-order chi connectivity index (χ0) is 11.6. The summed E-state index contributed by atoms with van der Waals surface area (Å²) in [6.07, 6.45) is 0.835. The fourth-order valence-corrected chi connectivity index (χ4v) is 1.12. The van der Waals surface area contributed by atoms with Crippen LogP contribution in [0.3, 0.4) is 0 Å². The Labute approximate surface area is 88.7 Å². The summed E-state index contributed by atoms with van der Waals surface area (Å²) >= 11 is 0. The van der Waals surface area contributed by atoms with E-state index in [0.717, 1.165) is 0 Å². The molecule has 15 heavy (non-hydrogen) atoms. The number of hydrogen-bond donors (Lipinski definition) is 1. The van der Waals surface area contributed by atoms with Gasteiger partial charge in [0, 0.05) is 0 Å². The number of carbonyl (C=O) groups excluding carboxylic acids is 1. The molecule has 0 unspecified atom stereocenters. The molecule has 5 heteroatoms. The van der Waals surface area contributed by atoms with Crippen LogP contribution >= 0.6 is 0 Å². The zero-order valence-corrected chi connectivity index (χ0v) is 9.44. The highest BCUT2D eigenvalue weighted by Gasteiger charge is 2.20. The first-order valence-electron chi connectivity index (χ1n) is 4.72. The molecule has 0 aliphatic heterocycles. The van der Waals surface area contributed by atoms with Gasteiger partial charge in [-0.3, -0.25) is 0 Å². The van der Waals surface area contributed by atoms with Crippen molar-refractivity contribution >= 4 is 6.09 Å². The predicted molar refractivity (Wildman–Crippen MR) is 54.5 cm³/mol. The van der Waals surface area contributed by atoms with E-state index in [0.29, 0.717) is 11.4 Å². The Morgan fingerprint density at radius 1 is 1.60 bits per heavy atom. The van der Waals surface area contributed by atoms with Gasteiger partial charge in [0.15, 0.2) is 0 Å². The summed E-state index contributed by atoms with van der Waals surface area (Å²) in [6.45, 7) is 6.85. The molecular weight excluding hydrogens is 196 g/mol. The Bertz CT molecular complexity index is 363. The first-order valence-corrected chi connectivity index (χ1v) is 4.72. The maximum atomic E-state index is 11.6. The summed E-state index contributed by atoms with van der Waals surface area (Å²) in [4.78, 5) is 15.6. The van der Waals surface area contributed by atoms with E-state index in [2.05, 4.69) is 4.98 Å². The van der Waals surface area contributed by atoms with Gasteiger partial charge in [-0.1, -0.05) is 0 Å². The Morgan fingerprint density at radius 2 is 2.20 bits per heavy atom. The number of aryl methyl sites for hydroxylation is 1. The van der Waals surface area contributed by atoms with Crippen LogP contribution in [0.2, 0.25) is 0 Å². The van der Waals surface area contributed by atoms with Crippen molar-refractivity contribution < 1.29 is 14.6 Å². The molecule has 0 atom stereocenters. The second-order valence-electron chi connectivity index (χ2n) is 4.29. The van der Waals surface area contributed by atoms with Gasteiger partial charge < -0.3 is 9.84 Å². The van der Waals surface area contributed by atoms with E-state index < -0.39 is 11.7 Å². The number of aliphatic hydroxyl groups excluding tert-OH is 1. The molecule has 0 saturated heterocycles. The van der Waals surface area contributed by atoms with Crippen LogP contribution in [0.15, 0.2) is 6.33 Å². The van der Waals surface area contributed by atoms with Gasteiger partial charge in [0.1, 0.15) is 11.9 Å². The SMILES string of the molecule is Cc1ncn(C(=O)OC(C)(C)C)c1CO. The van der Waals surface area contributed by atoms with Crippen molar-refractivity contribution in [3.63, 3.8) is 0 Å². The van der Waals surface area contributed by atoms with Crippen LogP contribution < -0.4 is 0 Å². The summed E-state index contributed by atoms with van der Waals surface area (Å²) in [5, 5.41) is 9.07. The Balaban J connectivity index is 2.92. The Kier molecular flexibility index (Phi) is 3.14. The molecule has 84 valence electrons. The largest absolute Gasteiger partial charge is 0.443 e. The van der Waals surface area contributed by atoms with Crippen LogP contribution in [-0.2, 0) is 11.3 Å². The van der Waals surface area contributed by atoms with E-state index in [4.69, 9.17) is 9.84 Å². The third-order valence-electron chi connectivity index (χ3n) is 1.82. The van der Waals surface area contributed by atoms with E-state index >= 15 is 0 Å². The molecule has 0 fully saturated rings. The Morgan fingerprint density at radius 3 is 2.67 bits per heavy atom. The molecule has 0 aromatic carbocycles. The van der Waals surface area contributed by atoms with Gasteiger partial charge in [-0.05, 0) is 27.7 Å². The molecule has 0 bridgehead atoms. The van der Waals surface area contributed by atoms with Crippen LogP contribution in [0.25, 0.3) is 0 Å². The van der Waals surface area contributed by atoms with Gasteiger partial charge in [-0.25, -0.2) is 14.3 Å². The fourth-order valence-electron chi connectivity index (χ4n) is 1.12. The first-order chi connectivity index (χ1) is 6.85. The highest BCUT2D eigenvalue weighted by atomic mass is 16.6. The lowest BCUT2D eigenvalue weighted by Crippen LogP contribution is -2.27. The fraction of sp³-hybridized carbons (Fsp3) is 0.600. The molecule has 1 rings (SSSR count). The molecule has 0 aliphatic carbocycles. The zero-order valence-electron chi connectivity index (χ0n) is 9.44.